The van der Waals surface area contributed by atoms with Crippen molar-refractivity contribution >= 4 is 11.9 Å². The van der Waals surface area contributed by atoms with Crippen molar-refractivity contribution in [3.05, 3.63) is 35.6 Å². The third kappa shape index (κ3) is 4.55. The lowest BCUT2D eigenvalue weighted by atomic mass is 9.74. The average Bonchev–Trinajstić information content (AvgIpc) is 2.35. The summed E-state index contributed by atoms with van der Waals surface area (Å²) in [6.07, 6.45) is 3.32. The number of rotatable bonds is 7. The fraction of sp³-hybridized carbons (Fsp3) is 0.529. The van der Waals surface area contributed by atoms with Crippen molar-refractivity contribution in [2.75, 3.05) is 0 Å². The van der Waals surface area contributed by atoms with Crippen LogP contribution in [-0.4, -0.2) is 22.5 Å². The first-order valence-corrected chi connectivity index (χ1v) is 7.66. The maximum Gasteiger partial charge on any atom is 0.305 e. The van der Waals surface area contributed by atoms with Crippen LogP contribution in [0.25, 0.3) is 0 Å². The summed E-state index contributed by atoms with van der Waals surface area (Å²) in [5.41, 5.74) is 0.311. The van der Waals surface area contributed by atoms with Crippen LogP contribution in [0.4, 0.5) is 4.39 Å². The molecule has 1 amide bonds. The molecule has 0 heterocycles. The molecule has 2 rings (SSSR count). The van der Waals surface area contributed by atoms with Crippen molar-refractivity contribution in [1.29, 1.82) is 0 Å². The highest BCUT2D eigenvalue weighted by Crippen LogP contribution is 2.35. The molecule has 0 spiro atoms. The van der Waals surface area contributed by atoms with E-state index in [0.717, 1.165) is 24.8 Å². The number of aliphatic carboxylic acids is 1. The fourth-order valence-corrected chi connectivity index (χ4v) is 3.04. The molecule has 0 saturated heterocycles. The van der Waals surface area contributed by atoms with E-state index in [4.69, 9.17) is 5.11 Å². The van der Waals surface area contributed by atoms with Crippen LogP contribution in [0.3, 0.4) is 0 Å². The van der Waals surface area contributed by atoms with Crippen molar-refractivity contribution in [2.24, 2.45) is 5.92 Å². The monoisotopic (exact) mass is 307 g/mol. The van der Waals surface area contributed by atoms with Crippen LogP contribution < -0.4 is 5.32 Å². The number of carbonyl (C=O) groups is 2. The molecule has 1 aromatic rings. The Morgan fingerprint density at radius 3 is 2.68 bits per heavy atom. The second-order valence-electron chi connectivity index (χ2n) is 6.40. The minimum atomic E-state index is -0.882. The summed E-state index contributed by atoms with van der Waals surface area (Å²) in [5, 5.41) is 11.8. The van der Waals surface area contributed by atoms with E-state index in [1.165, 1.54) is 12.1 Å². The predicted octanol–water partition coefficient (Wildman–Crippen LogP) is 2.91. The van der Waals surface area contributed by atoms with Crippen molar-refractivity contribution in [2.45, 2.75) is 51.0 Å². The van der Waals surface area contributed by atoms with Gasteiger partial charge in [0, 0.05) is 6.42 Å². The van der Waals surface area contributed by atoms with E-state index in [0.29, 0.717) is 12.8 Å². The number of carboxylic acid groups (broad SMARTS) is 1. The molecule has 0 aromatic heterocycles. The molecule has 5 heteroatoms. The van der Waals surface area contributed by atoms with Gasteiger partial charge in [0.2, 0.25) is 5.91 Å². The van der Waals surface area contributed by atoms with Crippen LogP contribution in [0.2, 0.25) is 0 Å². The molecule has 1 aliphatic rings. The Kier molecular flexibility index (Phi) is 5.16. The largest absolute Gasteiger partial charge is 0.481 e. The Morgan fingerprint density at radius 1 is 1.41 bits per heavy atom. The summed E-state index contributed by atoms with van der Waals surface area (Å²) in [5.74, 6) is -1.20. The zero-order valence-electron chi connectivity index (χ0n) is 12.8. The van der Waals surface area contributed by atoms with E-state index in [9.17, 15) is 14.0 Å². The minimum absolute atomic E-state index is 0.0168. The zero-order chi connectivity index (χ0) is 16.2. The van der Waals surface area contributed by atoms with E-state index in [1.807, 2.05) is 13.0 Å². The maximum absolute atomic E-state index is 13.1. The van der Waals surface area contributed by atoms with Crippen molar-refractivity contribution in [1.82, 2.24) is 5.32 Å². The molecule has 1 atom stereocenters. The number of hydrogen-bond donors (Lipinski definition) is 2. The normalized spacial score (nSPS) is 17.4. The van der Waals surface area contributed by atoms with Crippen molar-refractivity contribution in [3.63, 3.8) is 0 Å². The van der Waals surface area contributed by atoms with Gasteiger partial charge >= 0.3 is 5.97 Å². The van der Waals surface area contributed by atoms with Crippen LogP contribution in [-0.2, 0) is 16.0 Å². The molecule has 22 heavy (non-hydrogen) atoms. The lowest BCUT2D eigenvalue weighted by Crippen LogP contribution is -2.54. The van der Waals surface area contributed by atoms with Gasteiger partial charge < -0.3 is 10.4 Å². The molecule has 1 unspecified atom stereocenters. The van der Waals surface area contributed by atoms with E-state index >= 15 is 0 Å². The minimum Gasteiger partial charge on any atom is -0.481 e. The highest BCUT2D eigenvalue weighted by atomic mass is 19.1. The Hall–Kier alpha value is -1.91. The number of amides is 1. The van der Waals surface area contributed by atoms with Gasteiger partial charge in [-0.3, -0.25) is 9.59 Å². The van der Waals surface area contributed by atoms with Crippen molar-refractivity contribution < 1.29 is 19.1 Å². The van der Waals surface area contributed by atoms with Crippen LogP contribution >= 0.6 is 0 Å². The van der Waals surface area contributed by atoms with Gasteiger partial charge in [0.05, 0.1) is 12.0 Å². The smallest absolute Gasteiger partial charge is 0.305 e. The van der Waals surface area contributed by atoms with Gasteiger partial charge in [-0.1, -0.05) is 19.1 Å². The first-order valence-electron chi connectivity index (χ1n) is 7.66. The Morgan fingerprint density at radius 2 is 2.14 bits per heavy atom. The van der Waals surface area contributed by atoms with E-state index in [-0.39, 0.29) is 24.1 Å². The molecule has 1 aliphatic carbocycles. The van der Waals surface area contributed by atoms with Gasteiger partial charge in [-0.15, -0.1) is 0 Å². The molecule has 0 bridgehead atoms. The summed E-state index contributed by atoms with van der Waals surface area (Å²) >= 11 is 0. The Bertz CT molecular complexity index is 555. The van der Waals surface area contributed by atoms with Gasteiger partial charge in [0.25, 0.3) is 0 Å². The lowest BCUT2D eigenvalue weighted by molar-refractivity contribution is -0.140. The Balaban J connectivity index is 1.84. The number of carbonyl (C=O) groups excluding carboxylic acids is 1. The molecule has 1 fully saturated rings. The van der Waals surface area contributed by atoms with Gasteiger partial charge in [-0.25, -0.2) is 4.39 Å². The molecule has 120 valence electrons. The molecule has 1 aromatic carbocycles. The highest BCUT2D eigenvalue weighted by molar-refractivity contribution is 5.78. The van der Waals surface area contributed by atoms with E-state index in [2.05, 4.69) is 5.32 Å². The second kappa shape index (κ2) is 6.90. The summed E-state index contributed by atoms with van der Waals surface area (Å²) in [7, 11) is 0. The van der Waals surface area contributed by atoms with E-state index in [1.54, 1.807) is 6.07 Å². The third-order valence-electron chi connectivity index (χ3n) is 4.21. The van der Waals surface area contributed by atoms with Gasteiger partial charge in [0.15, 0.2) is 0 Å². The molecule has 2 N–H and O–H groups in total. The zero-order valence-corrected chi connectivity index (χ0v) is 12.8. The van der Waals surface area contributed by atoms with Crippen LogP contribution in [0, 0.1) is 11.7 Å². The lowest BCUT2D eigenvalue weighted by Gasteiger charge is -2.41. The molecule has 0 aliphatic heterocycles. The summed E-state index contributed by atoms with van der Waals surface area (Å²) in [6, 6.07) is 6.38. The number of halogens is 1. The molecular weight excluding hydrogens is 285 g/mol. The maximum atomic E-state index is 13.1. The number of carboxylic acids is 1. The molecule has 0 radical (unpaired) electrons. The number of hydrogen-bond acceptors (Lipinski definition) is 2. The number of benzene rings is 1. The molecule has 1 saturated carbocycles. The molecular formula is C17H22FNO3. The van der Waals surface area contributed by atoms with Crippen LogP contribution in [0.5, 0.6) is 0 Å². The quantitative estimate of drug-likeness (QED) is 0.814. The summed E-state index contributed by atoms with van der Waals surface area (Å²) < 4.78 is 13.1. The van der Waals surface area contributed by atoms with Crippen LogP contribution in [0.1, 0.15) is 44.6 Å². The highest BCUT2D eigenvalue weighted by Gasteiger charge is 2.40. The predicted molar refractivity (Wildman–Crippen MR) is 80.9 cm³/mol. The van der Waals surface area contributed by atoms with Gasteiger partial charge in [-0.05, 0) is 49.3 Å². The first-order chi connectivity index (χ1) is 10.4. The van der Waals surface area contributed by atoms with Gasteiger partial charge in [0.1, 0.15) is 5.82 Å². The summed E-state index contributed by atoms with van der Waals surface area (Å²) in [4.78, 5) is 23.0. The third-order valence-corrected chi connectivity index (χ3v) is 4.21. The first kappa shape index (κ1) is 16.5. The fourth-order valence-electron chi connectivity index (χ4n) is 3.04. The topological polar surface area (TPSA) is 66.4 Å². The Labute approximate surface area is 129 Å². The SMILES string of the molecule is CC(CC(=O)NC1(CC(=O)O)CCC1)Cc1cccc(F)c1. The average molecular weight is 307 g/mol. The van der Waals surface area contributed by atoms with Gasteiger partial charge in [-0.2, -0.15) is 0 Å². The number of nitrogens with one attached hydrogen (secondary N) is 1. The standard InChI is InChI=1S/C17H22FNO3/c1-12(8-13-4-2-5-14(18)10-13)9-15(20)19-17(6-3-7-17)11-16(21)22/h2,4-5,10,12H,3,6-9,11H2,1H3,(H,19,20)(H,21,22). The summed E-state index contributed by atoms with van der Waals surface area (Å²) in [6.45, 7) is 1.94. The van der Waals surface area contributed by atoms with Crippen molar-refractivity contribution in [3.8, 4) is 0 Å². The van der Waals surface area contributed by atoms with E-state index < -0.39 is 11.5 Å². The van der Waals surface area contributed by atoms with Crippen LogP contribution in [0.15, 0.2) is 24.3 Å². The molecule has 4 nitrogen and oxygen atoms in total. The second-order valence-corrected chi connectivity index (χ2v) is 6.40.